The van der Waals surface area contributed by atoms with Gasteiger partial charge in [0.05, 0.1) is 31.4 Å². The predicted molar refractivity (Wildman–Crippen MR) is 127 cm³/mol. The number of pyridine rings is 1. The first-order valence-electron chi connectivity index (χ1n) is 12.2. The lowest BCUT2D eigenvalue weighted by Crippen LogP contribution is -2.49. The highest BCUT2D eigenvalue weighted by molar-refractivity contribution is 5.89. The van der Waals surface area contributed by atoms with Crippen LogP contribution < -0.4 is 10.2 Å². The van der Waals surface area contributed by atoms with Crippen molar-refractivity contribution in [2.75, 3.05) is 77.0 Å². The first-order chi connectivity index (χ1) is 15.9. The van der Waals surface area contributed by atoms with Crippen molar-refractivity contribution in [1.29, 1.82) is 0 Å². The van der Waals surface area contributed by atoms with Crippen molar-refractivity contribution >= 4 is 17.7 Å². The molecular weight excluding hydrogens is 422 g/mol. The van der Waals surface area contributed by atoms with Gasteiger partial charge in [-0.2, -0.15) is 0 Å². The number of amides is 1. The van der Waals surface area contributed by atoms with Crippen molar-refractivity contribution in [3.05, 3.63) is 23.9 Å². The molecule has 3 rings (SSSR count). The molecule has 1 atom stereocenters. The molecule has 0 bridgehead atoms. The number of hydrogen-bond donors (Lipinski definition) is 1. The Hall–Kier alpha value is -2.23. The summed E-state index contributed by atoms with van der Waals surface area (Å²) in [6, 6.07) is 3.62. The minimum atomic E-state index is -0.351. The van der Waals surface area contributed by atoms with E-state index in [0.717, 1.165) is 64.7 Å². The molecule has 1 aromatic rings. The summed E-state index contributed by atoms with van der Waals surface area (Å²) in [5.74, 6) is 1.17. The topological polar surface area (TPSA) is 87.2 Å². The van der Waals surface area contributed by atoms with Crippen molar-refractivity contribution in [3.63, 3.8) is 0 Å². The SMILES string of the molecule is CCOC(=O)c1ccc(N2CCCN(CC(=O)NCC3CN(CC(C)C)CCO3)CC2)nc1. The van der Waals surface area contributed by atoms with E-state index in [1.54, 1.807) is 19.2 Å². The summed E-state index contributed by atoms with van der Waals surface area (Å²) >= 11 is 0. The van der Waals surface area contributed by atoms with Gasteiger partial charge in [0, 0.05) is 58.6 Å². The number of nitrogens with one attached hydrogen (secondary N) is 1. The molecule has 2 saturated heterocycles. The summed E-state index contributed by atoms with van der Waals surface area (Å²) in [5.41, 5.74) is 0.461. The van der Waals surface area contributed by atoms with E-state index in [9.17, 15) is 9.59 Å². The Labute approximate surface area is 197 Å². The monoisotopic (exact) mass is 461 g/mol. The second-order valence-electron chi connectivity index (χ2n) is 9.19. The van der Waals surface area contributed by atoms with Crippen molar-refractivity contribution in [2.45, 2.75) is 33.3 Å². The van der Waals surface area contributed by atoms with E-state index in [1.165, 1.54) is 0 Å². The Kier molecular flexibility index (Phi) is 9.90. The first-order valence-corrected chi connectivity index (χ1v) is 12.2. The van der Waals surface area contributed by atoms with Crippen molar-refractivity contribution in [3.8, 4) is 0 Å². The van der Waals surface area contributed by atoms with E-state index in [4.69, 9.17) is 9.47 Å². The molecule has 0 radical (unpaired) electrons. The lowest BCUT2D eigenvalue weighted by Gasteiger charge is -2.34. The van der Waals surface area contributed by atoms with E-state index in [0.29, 0.717) is 31.2 Å². The average Bonchev–Trinajstić information content (AvgIpc) is 3.03. The molecule has 0 spiro atoms. The summed E-state index contributed by atoms with van der Waals surface area (Å²) < 4.78 is 10.9. The van der Waals surface area contributed by atoms with Crippen LogP contribution in [-0.4, -0.2) is 105 Å². The van der Waals surface area contributed by atoms with Gasteiger partial charge in [0.2, 0.25) is 5.91 Å². The Bertz CT molecular complexity index is 758. The highest BCUT2D eigenvalue weighted by Gasteiger charge is 2.23. The van der Waals surface area contributed by atoms with Crippen LogP contribution in [0.1, 0.15) is 37.6 Å². The molecule has 2 aliphatic rings. The highest BCUT2D eigenvalue weighted by Crippen LogP contribution is 2.15. The van der Waals surface area contributed by atoms with Gasteiger partial charge in [0.15, 0.2) is 0 Å². The van der Waals surface area contributed by atoms with Gasteiger partial charge >= 0.3 is 5.97 Å². The summed E-state index contributed by atoms with van der Waals surface area (Å²) in [5, 5.41) is 3.06. The average molecular weight is 462 g/mol. The zero-order valence-corrected chi connectivity index (χ0v) is 20.3. The quantitative estimate of drug-likeness (QED) is 0.550. The third-order valence-corrected chi connectivity index (χ3v) is 5.91. The number of morpholine rings is 1. The van der Waals surface area contributed by atoms with Gasteiger partial charge in [-0.05, 0) is 31.4 Å². The molecule has 3 heterocycles. The van der Waals surface area contributed by atoms with Crippen LogP contribution in [0.3, 0.4) is 0 Å². The van der Waals surface area contributed by atoms with Gasteiger partial charge in [0.25, 0.3) is 0 Å². The fourth-order valence-electron chi connectivity index (χ4n) is 4.34. The minimum Gasteiger partial charge on any atom is -0.462 e. The summed E-state index contributed by atoms with van der Waals surface area (Å²) in [6.07, 6.45) is 2.58. The number of nitrogens with zero attached hydrogens (tertiary/aromatic N) is 4. The van der Waals surface area contributed by atoms with Crippen LogP contribution in [0.2, 0.25) is 0 Å². The molecule has 184 valence electrons. The summed E-state index contributed by atoms with van der Waals surface area (Å²) in [7, 11) is 0. The lowest BCUT2D eigenvalue weighted by molar-refractivity contribution is -0.123. The molecule has 9 nitrogen and oxygen atoms in total. The molecule has 2 fully saturated rings. The molecule has 1 amide bonds. The molecule has 1 N–H and O–H groups in total. The molecule has 2 aliphatic heterocycles. The van der Waals surface area contributed by atoms with Crippen molar-refractivity contribution in [1.82, 2.24) is 20.1 Å². The van der Waals surface area contributed by atoms with E-state index in [2.05, 4.69) is 38.8 Å². The van der Waals surface area contributed by atoms with Crippen molar-refractivity contribution in [2.24, 2.45) is 5.92 Å². The van der Waals surface area contributed by atoms with E-state index < -0.39 is 0 Å². The molecule has 0 saturated carbocycles. The number of rotatable bonds is 9. The van der Waals surface area contributed by atoms with Crippen LogP contribution in [-0.2, 0) is 14.3 Å². The van der Waals surface area contributed by atoms with Gasteiger partial charge in [0.1, 0.15) is 5.82 Å². The summed E-state index contributed by atoms with van der Waals surface area (Å²) in [4.78, 5) is 35.6. The maximum Gasteiger partial charge on any atom is 0.339 e. The second-order valence-corrected chi connectivity index (χ2v) is 9.19. The number of ether oxygens (including phenoxy) is 2. The predicted octanol–water partition coefficient (Wildman–Crippen LogP) is 1.24. The highest BCUT2D eigenvalue weighted by atomic mass is 16.5. The van der Waals surface area contributed by atoms with Gasteiger partial charge in [-0.3, -0.25) is 14.6 Å². The van der Waals surface area contributed by atoms with Crippen LogP contribution in [0.15, 0.2) is 18.3 Å². The number of anilines is 1. The van der Waals surface area contributed by atoms with E-state index in [1.807, 2.05) is 6.07 Å². The van der Waals surface area contributed by atoms with Crippen LogP contribution in [0.5, 0.6) is 0 Å². The van der Waals surface area contributed by atoms with Crippen LogP contribution >= 0.6 is 0 Å². The number of carbonyl (C=O) groups excluding carboxylic acids is 2. The van der Waals surface area contributed by atoms with Crippen LogP contribution in [0.25, 0.3) is 0 Å². The van der Waals surface area contributed by atoms with Crippen LogP contribution in [0, 0.1) is 5.92 Å². The normalized spacial score (nSPS) is 20.5. The third-order valence-electron chi connectivity index (χ3n) is 5.91. The molecule has 0 aliphatic carbocycles. The largest absolute Gasteiger partial charge is 0.462 e. The summed E-state index contributed by atoms with van der Waals surface area (Å²) in [6.45, 7) is 14.5. The zero-order chi connectivity index (χ0) is 23.6. The standard InChI is InChI=1S/C24H39N5O4/c1-4-32-24(31)20-6-7-22(25-14-20)29-9-5-8-27(10-11-29)18-23(30)26-15-21-17-28(12-13-33-21)16-19(2)3/h6-7,14,19,21H,4-5,8-13,15-18H2,1-3H3,(H,26,30). The zero-order valence-electron chi connectivity index (χ0n) is 20.3. The lowest BCUT2D eigenvalue weighted by atomic mass is 10.2. The Morgan fingerprint density at radius 3 is 2.76 bits per heavy atom. The van der Waals surface area contributed by atoms with Gasteiger partial charge in [-0.25, -0.2) is 9.78 Å². The molecule has 0 aromatic carbocycles. The smallest absolute Gasteiger partial charge is 0.339 e. The molecular formula is C24H39N5O4. The molecule has 1 aromatic heterocycles. The number of hydrogen-bond acceptors (Lipinski definition) is 8. The van der Waals surface area contributed by atoms with Gasteiger partial charge < -0.3 is 19.7 Å². The number of esters is 1. The fourth-order valence-corrected chi connectivity index (χ4v) is 4.34. The second kappa shape index (κ2) is 12.9. The minimum absolute atomic E-state index is 0.0462. The van der Waals surface area contributed by atoms with Gasteiger partial charge in [-0.1, -0.05) is 13.8 Å². The maximum atomic E-state index is 12.5. The molecule has 1 unspecified atom stereocenters. The maximum absolute atomic E-state index is 12.5. The molecule has 9 heteroatoms. The van der Waals surface area contributed by atoms with Gasteiger partial charge in [-0.15, -0.1) is 0 Å². The first kappa shape index (κ1) is 25.4. The van der Waals surface area contributed by atoms with Crippen LogP contribution in [0.4, 0.5) is 5.82 Å². The third kappa shape index (κ3) is 8.24. The number of aromatic nitrogens is 1. The Morgan fingerprint density at radius 2 is 2.03 bits per heavy atom. The van der Waals surface area contributed by atoms with Crippen molar-refractivity contribution < 1.29 is 19.1 Å². The number of carbonyl (C=O) groups is 2. The van der Waals surface area contributed by atoms with E-state index in [-0.39, 0.29) is 18.0 Å². The van der Waals surface area contributed by atoms with E-state index >= 15 is 0 Å². The molecule has 33 heavy (non-hydrogen) atoms. The Balaban J connectivity index is 1.40. The Morgan fingerprint density at radius 1 is 1.18 bits per heavy atom. The fraction of sp³-hybridized carbons (Fsp3) is 0.708.